The largest absolute Gasteiger partial charge is 0.411 e. The fourth-order valence-corrected chi connectivity index (χ4v) is 2.43. The molecule has 13 heavy (non-hydrogen) atoms. The van der Waals surface area contributed by atoms with Gasteiger partial charge in [0.25, 0.3) is 0 Å². The lowest BCUT2D eigenvalue weighted by atomic mass is 9.89. The highest BCUT2D eigenvalue weighted by molar-refractivity contribution is 5.93. The van der Waals surface area contributed by atoms with Crippen molar-refractivity contribution in [3.05, 3.63) is 0 Å². The molecule has 1 heterocycles. The Morgan fingerprint density at radius 3 is 3.08 bits per heavy atom. The fraction of sp³-hybridized carbons (Fsp3) is 0.778. The lowest BCUT2D eigenvalue weighted by molar-refractivity contribution is -0.128. The highest BCUT2D eigenvalue weighted by atomic mass is 16.4. The monoisotopic (exact) mass is 182 g/mol. The van der Waals surface area contributed by atoms with Crippen molar-refractivity contribution in [2.75, 3.05) is 6.54 Å². The standard InChI is InChI=1S/C9H14N2O2/c1-6(12)11-5-7-2-3-8(10-13)9(11)4-7/h7,9,13H,2-5H2,1H3/b10-8+. The van der Waals surface area contributed by atoms with Gasteiger partial charge in [0.1, 0.15) is 0 Å². The van der Waals surface area contributed by atoms with Crippen LogP contribution in [0.4, 0.5) is 0 Å². The van der Waals surface area contributed by atoms with Gasteiger partial charge in [-0.15, -0.1) is 0 Å². The Bertz CT molecular complexity index is 262. The van der Waals surface area contributed by atoms with Gasteiger partial charge in [-0.2, -0.15) is 0 Å². The molecule has 72 valence electrons. The number of carbonyl (C=O) groups is 1. The Hall–Kier alpha value is -1.06. The van der Waals surface area contributed by atoms with Gasteiger partial charge in [-0.3, -0.25) is 4.79 Å². The van der Waals surface area contributed by atoms with E-state index in [4.69, 9.17) is 5.21 Å². The highest BCUT2D eigenvalue weighted by Gasteiger charge is 2.40. The van der Waals surface area contributed by atoms with Crippen LogP contribution in [0.2, 0.25) is 0 Å². The summed E-state index contributed by atoms with van der Waals surface area (Å²) in [5, 5.41) is 12.0. The summed E-state index contributed by atoms with van der Waals surface area (Å²) in [6.07, 6.45) is 2.88. The van der Waals surface area contributed by atoms with Crippen molar-refractivity contribution in [1.29, 1.82) is 0 Å². The summed E-state index contributed by atoms with van der Waals surface area (Å²) in [6, 6.07) is 0.0845. The van der Waals surface area contributed by atoms with E-state index in [9.17, 15) is 4.79 Å². The summed E-state index contributed by atoms with van der Waals surface area (Å²) in [5.41, 5.74) is 0.781. The SMILES string of the molecule is CC(=O)N1CC2CC/C(=N\O)C1C2. The molecule has 1 saturated carbocycles. The number of oxime groups is 1. The molecule has 0 aromatic rings. The molecule has 1 saturated heterocycles. The number of amides is 1. The number of likely N-dealkylation sites (tertiary alicyclic amines) is 1. The number of rotatable bonds is 0. The number of fused-ring (bicyclic) bond motifs is 2. The van der Waals surface area contributed by atoms with Gasteiger partial charge in [0, 0.05) is 13.5 Å². The highest BCUT2D eigenvalue weighted by Crippen LogP contribution is 2.33. The van der Waals surface area contributed by atoms with E-state index in [2.05, 4.69) is 5.16 Å². The third-order valence-electron chi connectivity index (χ3n) is 3.11. The van der Waals surface area contributed by atoms with Crippen molar-refractivity contribution >= 4 is 11.6 Å². The molecule has 2 bridgehead atoms. The lowest BCUT2D eigenvalue weighted by Crippen LogP contribution is -2.38. The van der Waals surface area contributed by atoms with Gasteiger partial charge in [-0.25, -0.2) is 0 Å². The van der Waals surface area contributed by atoms with E-state index in [0.717, 1.165) is 31.5 Å². The van der Waals surface area contributed by atoms with Crippen LogP contribution in [0.1, 0.15) is 26.2 Å². The number of hydrogen-bond donors (Lipinski definition) is 1. The Morgan fingerprint density at radius 2 is 2.46 bits per heavy atom. The molecule has 0 radical (unpaired) electrons. The Kier molecular flexibility index (Phi) is 1.98. The minimum atomic E-state index is 0.0845. The van der Waals surface area contributed by atoms with Crippen LogP contribution in [-0.2, 0) is 4.79 Å². The maximum absolute atomic E-state index is 11.2. The van der Waals surface area contributed by atoms with Crippen LogP contribution in [0.25, 0.3) is 0 Å². The number of hydrogen-bond acceptors (Lipinski definition) is 3. The molecule has 4 nitrogen and oxygen atoms in total. The molecule has 0 aromatic heterocycles. The topological polar surface area (TPSA) is 52.9 Å². The molecule has 2 unspecified atom stereocenters. The van der Waals surface area contributed by atoms with Crippen molar-refractivity contribution < 1.29 is 10.0 Å². The molecule has 1 N–H and O–H groups in total. The first kappa shape index (κ1) is 8.53. The van der Waals surface area contributed by atoms with Crippen LogP contribution in [-0.4, -0.2) is 34.3 Å². The van der Waals surface area contributed by atoms with Crippen LogP contribution in [0.15, 0.2) is 5.16 Å². The van der Waals surface area contributed by atoms with E-state index in [1.807, 2.05) is 4.90 Å². The van der Waals surface area contributed by atoms with Gasteiger partial charge in [-0.1, -0.05) is 5.16 Å². The third-order valence-corrected chi connectivity index (χ3v) is 3.11. The van der Waals surface area contributed by atoms with Crippen LogP contribution in [0, 0.1) is 5.92 Å². The molecule has 2 fully saturated rings. The van der Waals surface area contributed by atoms with Gasteiger partial charge in [-0.05, 0) is 25.2 Å². The average molecular weight is 182 g/mol. The van der Waals surface area contributed by atoms with E-state index < -0.39 is 0 Å². The second-order valence-electron chi connectivity index (χ2n) is 3.92. The first-order chi connectivity index (χ1) is 6.22. The van der Waals surface area contributed by atoms with Gasteiger partial charge < -0.3 is 10.1 Å². The first-order valence-electron chi connectivity index (χ1n) is 4.70. The zero-order valence-corrected chi connectivity index (χ0v) is 7.73. The average Bonchev–Trinajstić information content (AvgIpc) is 2.45. The minimum absolute atomic E-state index is 0.0845. The number of nitrogens with zero attached hydrogens (tertiary/aromatic N) is 2. The van der Waals surface area contributed by atoms with Crippen molar-refractivity contribution in [2.24, 2.45) is 11.1 Å². The predicted octanol–water partition coefficient (Wildman–Crippen LogP) is 0.847. The summed E-state index contributed by atoms with van der Waals surface area (Å²) < 4.78 is 0. The molecule has 1 amide bonds. The summed E-state index contributed by atoms with van der Waals surface area (Å²) >= 11 is 0. The van der Waals surface area contributed by atoms with Crippen LogP contribution < -0.4 is 0 Å². The molecule has 2 aliphatic rings. The summed E-state index contributed by atoms with van der Waals surface area (Å²) in [7, 11) is 0. The Labute approximate surface area is 77.2 Å². The normalized spacial score (nSPS) is 35.5. The van der Waals surface area contributed by atoms with Crippen molar-refractivity contribution in [3.8, 4) is 0 Å². The Morgan fingerprint density at radius 1 is 1.69 bits per heavy atom. The summed E-state index contributed by atoms with van der Waals surface area (Å²) in [6.45, 7) is 2.43. The quantitative estimate of drug-likeness (QED) is 0.446. The van der Waals surface area contributed by atoms with Crippen molar-refractivity contribution in [2.45, 2.75) is 32.2 Å². The van der Waals surface area contributed by atoms with E-state index in [0.29, 0.717) is 5.92 Å². The summed E-state index contributed by atoms with van der Waals surface area (Å²) in [5.74, 6) is 0.718. The molecule has 2 rings (SSSR count). The maximum atomic E-state index is 11.2. The van der Waals surface area contributed by atoms with Gasteiger partial charge in [0.2, 0.25) is 5.91 Å². The van der Waals surface area contributed by atoms with E-state index in [-0.39, 0.29) is 11.9 Å². The predicted molar refractivity (Wildman–Crippen MR) is 47.7 cm³/mol. The van der Waals surface area contributed by atoms with E-state index in [1.165, 1.54) is 0 Å². The zero-order chi connectivity index (χ0) is 9.42. The molecular formula is C9H14N2O2. The lowest BCUT2D eigenvalue weighted by Gasteiger charge is -2.23. The second-order valence-corrected chi connectivity index (χ2v) is 3.92. The first-order valence-corrected chi connectivity index (χ1v) is 4.70. The van der Waals surface area contributed by atoms with Crippen LogP contribution >= 0.6 is 0 Å². The molecule has 1 aliphatic heterocycles. The number of carbonyl (C=O) groups excluding carboxylic acids is 1. The minimum Gasteiger partial charge on any atom is -0.411 e. The second kappa shape index (κ2) is 3.01. The van der Waals surface area contributed by atoms with Gasteiger partial charge in [0.05, 0.1) is 11.8 Å². The summed E-state index contributed by atoms with van der Waals surface area (Å²) in [4.78, 5) is 13.1. The van der Waals surface area contributed by atoms with E-state index >= 15 is 0 Å². The maximum Gasteiger partial charge on any atom is 0.220 e. The Balaban J connectivity index is 2.21. The van der Waals surface area contributed by atoms with Gasteiger partial charge >= 0.3 is 0 Å². The fourth-order valence-electron chi connectivity index (χ4n) is 2.43. The smallest absolute Gasteiger partial charge is 0.220 e. The van der Waals surface area contributed by atoms with Crippen LogP contribution in [0.5, 0.6) is 0 Å². The molecule has 0 aromatic carbocycles. The molecule has 0 spiro atoms. The van der Waals surface area contributed by atoms with Crippen molar-refractivity contribution in [3.63, 3.8) is 0 Å². The molecular weight excluding hydrogens is 168 g/mol. The molecule has 4 heteroatoms. The van der Waals surface area contributed by atoms with Gasteiger partial charge in [0.15, 0.2) is 0 Å². The zero-order valence-electron chi connectivity index (χ0n) is 7.73. The third kappa shape index (κ3) is 1.30. The van der Waals surface area contributed by atoms with Crippen molar-refractivity contribution in [1.82, 2.24) is 4.90 Å². The molecule has 2 atom stereocenters. The molecule has 1 aliphatic carbocycles. The van der Waals surface area contributed by atoms with E-state index in [1.54, 1.807) is 6.92 Å². The van der Waals surface area contributed by atoms with Crippen LogP contribution in [0.3, 0.4) is 0 Å².